The van der Waals surface area contributed by atoms with E-state index in [2.05, 4.69) is 12.2 Å². The number of hydrogen-bond donors (Lipinski definition) is 2. The molecule has 3 N–H and O–H groups in total. The highest BCUT2D eigenvalue weighted by molar-refractivity contribution is 5.95. The van der Waals surface area contributed by atoms with Gasteiger partial charge >= 0.3 is 0 Å². The number of halogens is 1. The highest BCUT2D eigenvalue weighted by atomic mass is 35.5. The molecule has 104 valence electrons. The number of nitrogens with two attached hydrogens (primary N) is 1. The summed E-state index contributed by atoms with van der Waals surface area (Å²) in [4.78, 5) is 12.0. The maximum Gasteiger partial charge on any atom is 0.255 e. The van der Waals surface area contributed by atoms with E-state index >= 15 is 0 Å². The summed E-state index contributed by atoms with van der Waals surface area (Å²) in [5.74, 6) is 1.32. The van der Waals surface area contributed by atoms with Gasteiger partial charge in [-0.3, -0.25) is 4.79 Å². The molecule has 1 aromatic heterocycles. The Kier molecular flexibility index (Phi) is 7.71. The Hall–Kier alpha value is -1.00. The number of unbranched alkanes of at least 4 members (excludes halogenated alkanes) is 1. The number of nitrogens with one attached hydrogen (secondary N) is 1. The zero-order valence-corrected chi connectivity index (χ0v) is 12.1. The number of rotatable bonds is 6. The summed E-state index contributed by atoms with van der Waals surface area (Å²) in [5, 5.41) is 2.95. The Morgan fingerprint density at radius 3 is 2.61 bits per heavy atom. The first-order valence-electron chi connectivity index (χ1n) is 6.16. The molecular formula is C13H23ClN2O2. The van der Waals surface area contributed by atoms with Crippen molar-refractivity contribution >= 4 is 18.3 Å². The SMILES string of the molecule is CCCCC(CN)NC(=O)c1cc(C)oc1C.Cl. The summed E-state index contributed by atoms with van der Waals surface area (Å²) in [6.45, 7) is 6.23. The minimum absolute atomic E-state index is 0. The van der Waals surface area contributed by atoms with E-state index in [1.807, 2.05) is 6.92 Å². The normalized spacial score (nSPS) is 11.8. The summed E-state index contributed by atoms with van der Waals surface area (Å²) in [6, 6.07) is 1.81. The maximum absolute atomic E-state index is 12.0. The van der Waals surface area contributed by atoms with E-state index in [4.69, 9.17) is 10.2 Å². The van der Waals surface area contributed by atoms with Crippen molar-refractivity contribution in [1.29, 1.82) is 0 Å². The lowest BCUT2D eigenvalue weighted by Gasteiger charge is -2.15. The van der Waals surface area contributed by atoms with Crippen LogP contribution in [0, 0.1) is 13.8 Å². The van der Waals surface area contributed by atoms with E-state index in [1.54, 1.807) is 13.0 Å². The molecule has 1 atom stereocenters. The standard InChI is InChI=1S/C13H22N2O2.ClH/c1-4-5-6-11(8-14)15-13(16)12-7-9(2)17-10(12)3;/h7,11H,4-6,8,14H2,1-3H3,(H,15,16);1H. The number of carbonyl (C=O) groups is 1. The van der Waals surface area contributed by atoms with Gasteiger partial charge in [0.1, 0.15) is 11.5 Å². The molecule has 0 spiro atoms. The van der Waals surface area contributed by atoms with Crippen molar-refractivity contribution in [2.24, 2.45) is 5.73 Å². The molecule has 0 saturated heterocycles. The predicted octanol–water partition coefficient (Wildman–Crippen LogP) is 2.57. The lowest BCUT2D eigenvalue weighted by molar-refractivity contribution is 0.0934. The van der Waals surface area contributed by atoms with Crippen LogP contribution in [0.4, 0.5) is 0 Å². The van der Waals surface area contributed by atoms with Crippen LogP contribution in [0.3, 0.4) is 0 Å². The molecule has 0 aliphatic rings. The summed E-state index contributed by atoms with van der Waals surface area (Å²) in [6.07, 6.45) is 3.11. The topological polar surface area (TPSA) is 68.3 Å². The predicted molar refractivity (Wildman–Crippen MR) is 75.3 cm³/mol. The van der Waals surface area contributed by atoms with Gasteiger partial charge in [-0.05, 0) is 26.3 Å². The Morgan fingerprint density at radius 2 is 2.17 bits per heavy atom. The van der Waals surface area contributed by atoms with Crippen LogP contribution in [-0.4, -0.2) is 18.5 Å². The highest BCUT2D eigenvalue weighted by Gasteiger charge is 2.16. The number of hydrogen-bond acceptors (Lipinski definition) is 3. The van der Waals surface area contributed by atoms with Gasteiger partial charge in [-0.25, -0.2) is 0 Å². The molecule has 18 heavy (non-hydrogen) atoms. The molecule has 0 fully saturated rings. The molecule has 1 heterocycles. The molecule has 0 aromatic carbocycles. The fourth-order valence-corrected chi connectivity index (χ4v) is 1.82. The van der Waals surface area contributed by atoms with Gasteiger partial charge in [0.2, 0.25) is 0 Å². The van der Waals surface area contributed by atoms with Crippen LogP contribution in [0.25, 0.3) is 0 Å². The van der Waals surface area contributed by atoms with Crippen LogP contribution < -0.4 is 11.1 Å². The number of carbonyl (C=O) groups excluding carboxylic acids is 1. The zero-order valence-electron chi connectivity index (χ0n) is 11.3. The van der Waals surface area contributed by atoms with Crippen molar-refractivity contribution < 1.29 is 9.21 Å². The van der Waals surface area contributed by atoms with Crippen LogP contribution in [0.15, 0.2) is 10.5 Å². The van der Waals surface area contributed by atoms with Crippen LogP contribution in [0.2, 0.25) is 0 Å². The largest absolute Gasteiger partial charge is 0.466 e. The first kappa shape index (κ1) is 17.0. The second-order valence-electron chi connectivity index (χ2n) is 4.38. The number of furan rings is 1. The van der Waals surface area contributed by atoms with E-state index in [0.717, 1.165) is 25.0 Å². The van der Waals surface area contributed by atoms with Gasteiger partial charge in [-0.1, -0.05) is 19.8 Å². The second kappa shape index (κ2) is 8.16. The van der Waals surface area contributed by atoms with Crippen molar-refractivity contribution in [3.05, 3.63) is 23.2 Å². The molecule has 1 rings (SSSR count). The lowest BCUT2D eigenvalue weighted by Crippen LogP contribution is -2.40. The number of aryl methyl sites for hydroxylation is 2. The van der Waals surface area contributed by atoms with Gasteiger partial charge in [0, 0.05) is 12.6 Å². The van der Waals surface area contributed by atoms with Crippen molar-refractivity contribution in [1.82, 2.24) is 5.32 Å². The highest BCUT2D eigenvalue weighted by Crippen LogP contribution is 2.13. The lowest BCUT2D eigenvalue weighted by atomic mass is 10.1. The molecule has 0 radical (unpaired) electrons. The van der Waals surface area contributed by atoms with Gasteiger partial charge in [0.05, 0.1) is 5.56 Å². The average molecular weight is 275 g/mol. The third kappa shape index (κ3) is 4.70. The number of amides is 1. The van der Waals surface area contributed by atoms with E-state index < -0.39 is 0 Å². The zero-order chi connectivity index (χ0) is 12.8. The summed E-state index contributed by atoms with van der Waals surface area (Å²) in [7, 11) is 0. The fourth-order valence-electron chi connectivity index (χ4n) is 1.82. The third-order valence-electron chi connectivity index (χ3n) is 2.81. The molecule has 4 nitrogen and oxygen atoms in total. The molecule has 0 bridgehead atoms. The summed E-state index contributed by atoms with van der Waals surface area (Å²) >= 11 is 0. The maximum atomic E-state index is 12.0. The van der Waals surface area contributed by atoms with Crippen molar-refractivity contribution in [3.8, 4) is 0 Å². The van der Waals surface area contributed by atoms with Crippen molar-refractivity contribution in [2.75, 3.05) is 6.54 Å². The van der Waals surface area contributed by atoms with Crippen LogP contribution in [0.5, 0.6) is 0 Å². The van der Waals surface area contributed by atoms with Crippen molar-refractivity contribution in [3.63, 3.8) is 0 Å². The van der Waals surface area contributed by atoms with Crippen LogP contribution in [-0.2, 0) is 0 Å². The average Bonchev–Trinajstić information content (AvgIpc) is 2.63. The minimum Gasteiger partial charge on any atom is -0.466 e. The van der Waals surface area contributed by atoms with Crippen molar-refractivity contribution in [2.45, 2.75) is 46.1 Å². The Balaban J connectivity index is 0.00000289. The Morgan fingerprint density at radius 1 is 1.50 bits per heavy atom. The second-order valence-corrected chi connectivity index (χ2v) is 4.38. The molecular weight excluding hydrogens is 252 g/mol. The first-order valence-corrected chi connectivity index (χ1v) is 6.16. The van der Waals surface area contributed by atoms with Gasteiger partial charge < -0.3 is 15.5 Å². The van der Waals surface area contributed by atoms with E-state index in [9.17, 15) is 4.79 Å². The van der Waals surface area contributed by atoms with Gasteiger partial charge in [-0.15, -0.1) is 12.4 Å². The fraction of sp³-hybridized carbons (Fsp3) is 0.615. The smallest absolute Gasteiger partial charge is 0.255 e. The summed E-state index contributed by atoms with van der Waals surface area (Å²) < 4.78 is 5.34. The Bertz CT molecular complexity index is 377. The molecule has 1 amide bonds. The Labute approximate surface area is 115 Å². The minimum atomic E-state index is -0.0918. The van der Waals surface area contributed by atoms with Gasteiger partial charge in [0.25, 0.3) is 5.91 Å². The van der Waals surface area contributed by atoms with Crippen LogP contribution in [0.1, 0.15) is 48.1 Å². The van der Waals surface area contributed by atoms with E-state index in [-0.39, 0.29) is 24.4 Å². The molecule has 1 unspecified atom stereocenters. The molecule has 5 heteroatoms. The van der Waals surface area contributed by atoms with Gasteiger partial charge in [-0.2, -0.15) is 0 Å². The quantitative estimate of drug-likeness (QED) is 0.838. The first-order chi connectivity index (χ1) is 8.08. The summed E-state index contributed by atoms with van der Waals surface area (Å²) in [5.41, 5.74) is 6.25. The molecule has 0 aliphatic carbocycles. The van der Waals surface area contributed by atoms with Gasteiger partial charge in [0.15, 0.2) is 0 Å². The van der Waals surface area contributed by atoms with E-state index in [1.165, 1.54) is 0 Å². The molecule has 1 aromatic rings. The monoisotopic (exact) mass is 274 g/mol. The molecule has 0 aliphatic heterocycles. The third-order valence-corrected chi connectivity index (χ3v) is 2.81. The van der Waals surface area contributed by atoms with E-state index in [0.29, 0.717) is 17.9 Å². The molecule has 0 saturated carbocycles. The van der Waals surface area contributed by atoms with Crippen LogP contribution >= 0.6 is 12.4 Å².